The predicted molar refractivity (Wildman–Crippen MR) is 140 cm³/mol. The second-order valence-corrected chi connectivity index (χ2v) is 10.4. The summed E-state index contributed by atoms with van der Waals surface area (Å²) in [5, 5.41) is 7.48. The maximum absolute atomic E-state index is 13.3. The highest BCUT2D eigenvalue weighted by atomic mass is 32.2. The first-order chi connectivity index (χ1) is 17.7. The van der Waals surface area contributed by atoms with Crippen LogP contribution < -0.4 is 10.1 Å². The van der Waals surface area contributed by atoms with Gasteiger partial charge in [0.1, 0.15) is 17.4 Å². The second-order valence-electron chi connectivity index (χ2n) is 8.54. The minimum Gasteiger partial charge on any atom is -0.497 e. The molecule has 4 aromatic rings. The highest BCUT2D eigenvalue weighted by molar-refractivity contribution is 7.89. The molecule has 0 radical (unpaired) electrons. The largest absolute Gasteiger partial charge is 0.497 e. The van der Waals surface area contributed by atoms with Crippen molar-refractivity contribution in [3.05, 3.63) is 90.7 Å². The summed E-state index contributed by atoms with van der Waals surface area (Å²) in [5.41, 5.74) is 2.16. The fourth-order valence-corrected chi connectivity index (χ4v) is 5.34. The van der Waals surface area contributed by atoms with E-state index < -0.39 is 34.3 Å². The van der Waals surface area contributed by atoms with Crippen molar-refractivity contribution in [2.24, 2.45) is 0 Å². The quantitative estimate of drug-likeness (QED) is 0.343. The van der Waals surface area contributed by atoms with Crippen LogP contribution in [-0.4, -0.2) is 48.1 Å². The Labute approximate surface area is 215 Å². The molecule has 0 saturated carbocycles. The van der Waals surface area contributed by atoms with Crippen LogP contribution in [0.2, 0.25) is 0 Å². The van der Waals surface area contributed by atoms with Gasteiger partial charge in [0.05, 0.1) is 29.9 Å². The van der Waals surface area contributed by atoms with E-state index in [1.54, 1.807) is 56.0 Å². The van der Waals surface area contributed by atoms with E-state index in [0.29, 0.717) is 22.9 Å². The zero-order valence-corrected chi connectivity index (χ0v) is 21.4. The van der Waals surface area contributed by atoms with Crippen molar-refractivity contribution in [1.82, 2.24) is 14.1 Å². The molecule has 0 spiro atoms. The van der Waals surface area contributed by atoms with Crippen molar-refractivity contribution in [3.8, 4) is 22.7 Å². The van der Waals surface area contributed by atoms with E-state index in [0.717, 1.165) is 22.0 Å². The molecule has 4 rings (SSSR count). The first-order valence-electron chi connectivity index (χ1n) is 11.6. The number of sulfonamides is 1. The molecule has 0 aliphatic rings. The molecule has 10 heteroatoms. The summed E-state index contributed by atoms with van der Waals surface area (Å²) in [6.45, 7) is 2.90. The van der Waals surface area contributed by atoms with E-state index in [2.05, 4.69) is 10.4 Å². The lowest BCUT2D eigenvalue weighted by Crippen LogP contribution is -2.42. The van der Waals surface area contributed by atoms with Crippen molar-refractivity contribution < 1.29 is 22.3 Å². The number of methoxy groups -OCH3 is 1. The molecule has 0 atom stereocenters. The normalized spacial score (nSPS) is 11.6. The Kier molecular flexibility index (Phi) is 7.70. The number of nitrogens with zero attached hydrogens (tertiary/aromatic N) is 3. The van der Waals surface area contributed by atoms with Gasteiger partial charge in [-0.3, -0.25) is 4.79 Å². The van der Waals surface area contributed by atoms with E-state index in [4.69, 9.17) is 4.74 Å². The van der Waals surface area contributed by atoms with Crippen molar-refractivity contribution in [2.75, 3.05) is 19.0 Å². The van der Waals surface area contributed by atoms with Crippen molar-refractivity contribution >= 4 is 21.7 Å². The zero-order chi connectivity index (χ0) is 26.6. The van der Waals surface area contributed by atoms with Gasteiger partial charge in [-0.2, -0.15) is 9.40 Å². The van der Waals surface area contributed by atoms with Crippen molar-refractivity contribution in [2.45, 2.75) is 24.8 Å². The number of anilines is 1. The highest BCUT2D eigenvalue weighted by Gasteiger charge is 2.29. The number of hydrogen-bond acceptors (Lipinski definition) is 5. The lowest BCUT2D eigenvalue weighted by molar-refractivity contribution is -0.116. The average molecular weight is 523 g/mol. The van der Waals surface area contributed by atoms with Gasteiger partial charge in [0, 0.05) is 17.7 Å². The maximum atomic E-state index is 13.3. The van der Waals surface area contributed by atoms with E-state index in [9.17, 15) is 17.6 Å². The van der Waals surface area contributed by atoms with Gasteiger partial charge in [-0.15, -0.1) is 0 Å². The van der Waals surface area contributed by atoms with E-state index in [1.807, 2.05) is 30.3 Å². The maximum Gasteiger partial charge on any atom is 0.243 e. The van der Waals surface area contributed by atoms with Crippen LogP contribution in [0.3, 0.4) is 0 Å². The number of hydrogen-bond donors (Lipinski definition) is 1. The summed E-state index contributed by atoms with van der Waals surface area (Å²) in [7, 11) is -2.47. The van der Waals surface area contributed by atoms with Crippen LogP contribution in [0, 0.1) is 5.82 Å². The Morgan fingerprint density at radius 3 is 2.27 bits per heavy atom. The molecular weight excluding hydrogens is 495 g/mol. The molecule has 0 unspecified atom stereocenters. The smallest absolute Gasteiger partial charge is 0.243 e. The molecule has 8 nitrogen and oxygen atoms in total. The van der Waals surface area contributed by atoms with E-state index >= 15 is 0 Å². The lowest BCUT2D eigenvalue weighted by atomic mass is 10.2. The summed E-state index contributed by atoms with van der Waals surface area (Å²) >= 11 is 0. The molecule has 0 aliphatic carbocycles. The molecule has 0 bridgehead atoms. The lowest BCUT2D eigenvalue weighted by Gasteiger charge is -2.25. The number of nitrogens with one attached hydrogen (secondary N) is 1. The van der Waals surface area contributed by atoms with Crippen LogP contribution >= 0.6 is 0 Å². The molecule has 0 fully saturated rings. The SMILES string of the molecule is COc1ccc(-n2nc(-c3ccccc3)cc2NC(=O)CN(C(C)C)S(=O)(=O)c2ccc(F)cc2)cc1. The molecule has 1 amide bonds. The van der Waals surface area contributed by atoms with Crippen LogP contribution in [0.1, 0.15) is 13.8 Å². The second kappa shape index (κ2) is 10.9. The summed E-state index contributed by atoms with van der Waals surface area (Å²) < 4.78 is 47.6. The Morgan fingerprint density at radius 2 is 1.68 bits per heavy atom. The number of amides is 1. The summed E-state index contributed by atoms with van der Waals surface area (Å²) in [6, 6.07) is 22.4. The Bertz CT molecular complexity index is 1470. The van der Waals surface area contributed by atoms with Crippen LogP contribution in [0.25, 0.3) is 16.9 Å². The number of halogens is 1. The van der Waals surface area contributed by atoms with Gasteiger partial charge in [0.2, 0.25) is 15.9 Å². The third kappa shape index (κ3) is 5.87. The highest BCUT2D eigenvalue weighted by Crippen LogP contribution is 2.26. The van der Waals surface area contributed by atoms with Crippen LogP contribution in [0.15, 0.2) is 89.8 Å². The fourth-order valence-electron chi connectivity index (χ4n) is 3.75. The van der Waals surface area contributed by atoms with Crippen LogP contribution in [0.4, 0.5) is 10.2 Å². The zero-order valence-electron chi connectivity index (χ0n) is 20.6. The number of rotatable bonds is 9. The molecule has 0 aliphatic heterocycles. The van der Waals surface area contributed by atoms with Gasteiger partial charge in [0.25, 0.3) is 0 Å². The Morgan fingerprint density at radius 1 is 1.03 bits per heavy atom. The minimum atomic E-state index is -4.04. The number of carbonyl (C=O) groups is 1. The van der Waals surface area contributed by atoms with Gasteiger partial charge < -0.3 is 10.1 Å². The summed E-state index contributed by atoms with van der Waals surface area (Å²) in [6.07, 6.45) is 0. The topological polar surface area (TPSA) is 93.5 Å². The molecule has 37 heavy (non-hydrogen) atoms. The fraction of sp³-hybridized carbons (Fsp3) is 0.185. The first kappa shape index (κ1) is 26.1. The summed E-state index contributed by atoms with van der Waals surface area (Å²) in [5.74, 6) is -0.0530. The van der Waals surface area contributed by atoms with E-state index in [1.165, 1.54) is 12.1 Å². The van der Waals surface area contributed by atoms with Crippen LogP contribution in [-0.2, 0) is 14.8 Å². The number of benzene rings is 3. The van der Waals surface area contributed by atoms with Gasteiger partial charge in [0.15, 0.2) is 0 Å². The van der Waals surface area contributed by atoms with Gasteiger partial charge in [-0.05, 0) is 62.4 Å². The van der Waals surface area contributed by atoms with E-state index in [-0.39, 0.29) is 4.90 Å². The van der Waals surface area contributed by atoms with Crippen LogP contribution in [0.5, 0.6) is 5.75 Å². The predicted octanol–water partition coefficient (Wildman–Crippen LogP) is 4.72. The standard InChI is InChI=1S/C27H27FN4O4S/c1-19(2)31(37(34,35)24-15-9-21(28)10-16-24)18-27(33)29-26-17-25(20-7-5-4-6-8-20)30-32(26)22-11-13-23(36-3)14-12-22/h4-17,19H,18H2,1-3H3,(H,29,33). The number of ether oxygens (including phenoxy) is 1. The molecule has 1 heterocycles. The summed E-state index contributed by atoms with van der Waals surface area (Å²) in [4.78, 5) is 13.1. The molecule has 1 aromatic heterocycles. The Hall–Kier alpha value is -4.02. The Balaban J connectivity index is 1.64. The van der Waals surface area contributed by atoms with Gasteiger partial charge in [-0.25, -0.2) is 17.5 Å². The van der Waals surface area contributed by atoms with Crippen molar-refractivity contribution in [3.63, 3.8) is 0 Å². The minimum absolute atomic E-state index is 0.0926. The monoisotopic (exact) mass is 522 g/mol. The third-order valence-corrected chi connectivity index (χ3v) is 7.70. The molecule has 1 N–H and O–H groups in total. The van der Waals surface area contributed by atoms with Gasteiger partial charge in [-0.1, -0.05) is 30.3 Å². The molecule has 192 valence electrons. The number of aromatic nitrogens is 2. The molecule has 0 saturated heterocycles. The third-order valence-electron chi connectivity index (χ3n) is 5.66. The average Bonchev–Trinajstić information content (AvgIpc) is 3.31. The molecular formula is C27H27FN4O4S. The van der Waals surface area contributed by atoms with Crippen molar-refractivity contribution in [1.29, 1.82) is 0 Å². The molecule has 3 aromatic carbocycles. The first-order valence-corrected chi connectivity index (χ1v) is 13.0. The van der Waals surface area contributed by atoms with Gasteiger partial charge >= 0.3 is 0 Å². The number of carbonyl (C=O) groups excluding carboxylic acids is 1.